The zero-order chi connectivity index (χ0) is 20.5. The van der Waals surface area contributed by atoms with E-state index < -0.39 is 5.97 Å². The highest BCUT2D eigenvalue weighted by Gasteiger charge is 2.30. The van der Waals surface area contributed by atoms with E-state index in [1.807, 2.05) is 10.6 Å². The quantitative estimate of drug-likeness (QED) is 0.597. The van der Waals surface area contributed by atoms with E-state index in [2.05, 4.69) is 30.4 Å². The average Bonchev–Trinajstić information content (AvgIpc) is 3.18. The first-order valence-electron chi connectivity index (χ1n) is 10.2. The smallest absolute Gasteiger partial charge is 0.357 e. The molecule has 6 heteroatoms. The van der Waals surface area contributed by atoms with E-state index >= 15 is 0 Å². The minimum atomic E-state index is -0.392. The van der Waals surface area contributed by atoms with Crippen LogP contribution in [0, 0.1) is 6.92 Å². The highest BCUT2D eigenvalue weighted by atomic mass is 32.1. The molecular formula is C23H26N2O3S. The van der Waals surface area contributed by atoms with Gasteiger partial charge in [0, 0.05) is 23.7 Å². The number of esters is 1. The summed E-state index contributed by atoms with van der Waals surface area (Å²) in [6.07, 6.45) is 4.37. The molecule has 3 aromatic rings. The monoisotopic (exact) mass is 410 g/mol. The van der Waals surface area contributed by atoms with Crippen LogP contribution in [0.4, 0.5) is 5.69 Å². The summed E-state index contributed by atoms with van der Waals surface area (Å²) < 4.78 is 7.43. The van der Waals surface area contributed by atoms with Crippen LogP contribution >= 0.6 is 11.3 Å². The van der Waals surface area contributed by atoms with Gasteiger partial charge in [0.1, 0.15) is 4.83 Å². The Hall–Kier alpha value is -2.60. The van der Waals surface area contributed by atoms with E-state index in [4.69, 9.17) is 4.74 Å². The van der Waals surface area contributed by atoms with Crippen LogP contribution in [0.3, 0.4) is 0 Å². The van der Waals surface area contributed by atoms with E-state index in [1.165, 1.54) is 29.3 Å². The fraction of sp³-hybridized carbons (Fsp3) is 0.391. The number of benzene rings is 1. The van der Waals surface area contributed by atoms with Gasteiger partial charge in [-0.05, 0) is 50.7 Å². The molecule has 0 atom stereocenters. The molecule has 1 amide bonds. The summed E-state index contributed by atoms with van der Waals surface area (Å²) in [5, 5.41) is 3.98. The molecule has 0 spiro atoms. The molecule has 0 bridgehead atoms. The molecule has 4 rings (SSSR count). The van der Waals surface area contributed by atoms with Gasteiger partial charge in [0.15, 0.2) is 5.69 Å². The lowest BCUT2D eigenvalue weighted by Crippen LogP contribution is -2.17. The van der Waals surface area contributed by atoms with Crippen LogP contribution in [0.25, 0.3) is 10.2 Å². The molecule has 0 radical (unpaired) electrons. The first kappa shape index (κ1) is 19.7. The molecule has 0 fully saturated rings. The van der Waals surface area contributed by atoms with Gasteiger partial charge in [-0.3, -0.25) is 4.79 Å². The van der Waals surface area contributed by atoms with E-state index in [0.29, 0.717) is 24.5 Å². The molecule has 0 saturated heterocycles. The predicted molar refractivity (Wildman–Crippen MR) is 117 cm³/mol. The van der Waals surface area contributed by atoms with Crippen molar-refractivity contribution in [2.75, 3.05) is 11.9 Å². The van der Waals surface area contributed by atoms with Crippen molar-refractivity contribution in [3.63, 3.8) is 0 Å². The number of thiophene rings is 1. The van der Waals surface area contributed by atoms with Gasteiger partial charge in [-0.15, -0.1) is 11.3 Å². The van der Waals surface area contributed by atoms with Crippen LogP contribution in [-0.4, -0.2) is 23.1 Å². The molecule has 152 valence electrons. The third-order valence-electron chi connectivity index (χ3n) is 5.35. The molecule has 0 saturated carbocycles. The normalized spacial score (nSPS) is 13.3. The number of amides is 1. The van der Waals surface area contributed by atoms with Crippen LogP contribution in [0.1, 0.15) is 58.7 Å². The fourth-order valence-electron chi connectivity index (χ4n) is 4.21. The second-order valence-electron chi connectivity index (χ2n) is 7.59. The topological polar surface area (TPSA) is 60.3 Å². The van der Waals surface area contributed by atoms with Crippen LogP contribution in [-0.2, 0) is 28.9 Å². The maximum absolute atomic E-state index is 13.0. The van der Waals surface area contributed by atoms with Crippen molar-refractivity contribution in [1.29, 1.82) is 0 Å². The lowest BCUT2D eigenvalue weighted by Gasteiger charge is -2.14. The fourth-order valence-corrected chi connectivity index (χ4v) is 5.61. The zero-order valence-corrected chi connectivity index (χ0v) is 17.9. The number of aryl methyl sites for hydroxylation is 3. The summed E-state index contributed by atoms with van der Waals surface area (Å²) in [7, 11) is 0. The number of carbonyl (C=O) groups is 2. The number of hydrogen-bond donors (Lipinski definition) is 1. The molecule has 0 unspecified atom stereocenters. The van der Waals surface area contributed by atoms with Crippen LogP contribution < -0.4 is 5.32 Å². The third-order valence-corrected chi connectivity index (χ3v) is 6.66. The molecule has 1 aliphatic carbocycles. The third kappa shape index (κ3) is 3.69. The largest absolute Gasteiger partial charge is 0.461 e. The number of rotatable bonds is 5. The summed E-state index contributed by atoms with van der Waals surface area (Å²) in [5.41, 5.74) is 4.63. The highest BCUT2D eigenvalue weighted by molar-refractivity contribution is 7.19. The van der Waals surface area contributed by atoms with Crippen LogP contribution in [0.2, 0.25) is 0 Å². The molecule has 1 aromatic carbocycles. The summed E-state index contributed by atoms with van der Waals surface area (Å²) in [4.78, 5) is 27.4. The average molecular weight is 411 g/mol. The summed E-state index contributed by atoms with van der Waals surface area (Å²) >= 11 is 1.75. The number of ether oxygens (including phenoxy) is 1. The van der Waals surface area contributed by atoms with Gasteiger partial charge in [0.25, 0.3) is 0 Å². The molecule has 5 nitrogen and oxygen atoms in total. The van der Waals surface area contributed by atoms with Gasteiger partial charge in [0.05, 0.1) is 12.3 Å². The Bertz CT molecular complexity index is 1090. The number of fused-ring (bicyclic) bond motifs is 3. The van der Waals surface area contributed by atoms with Crippen molar-refractivity contribution in [3.8, 4) is 0 Å². The second kappa shape index (κ2) is 8.03. The summed E-state index contributed by atoms with van der Waals surface area (Å²) in [6, 6.07) is 8.29. The summed E-state index contributed by atoms with van der Waals surface area (Å²) in [6.45, 7) is 6.20. The van der Waals surface area contributed by atoms with Crippen molar-refractivity contribution >= 4 is 39.1 Å². The minimum absolute atomic E-state index is 0.180. The standard InChI is InChI=1S/C23H26N2O3S/c1-4-28-23(27)21-20(24-15(3)26)19-17-10-5-6-11-18(17)29-22(19)25(21)13-16-9-7-8-14(2)12-16/h7-9,12H,4-6,10-11,13H2,1-3H3,(H,24,26). The van der Waals surface area contributed by atoms with Gasteiger partial charge < -0.3 is 14.6 Å². The van der Waals surface area contributed by atoms with Crippen LogP contribution in [0.15, 0.2) is 24.3 Å². The van der Waals surface area contributed by atoms with E-state index in [0.717, 1.165) is 35.0 Å². The van der Waals surface area contributed by atoms with Gasteiger partial charge in [-0.2, -0.15) is 0 Å². The van der Waals surface area contributed by atoms with E-state index in [-0.39, 0.29) is 5.91 Å². The van der Waals surface area contributed by atoms with Crippen LogP contribution in [0.5, 0.6) is 0 Å². The Morgan fingerprint density at radius 1 is 1.24 bits per heavy atom. The predicted octanol–water partition coefficient (Wildman–Crippen LogP) is 5.07. The van der Waals surface area contributed by atoms with Gasteiger partial charge in [-0.25, -0.2) is 4.79 Å². The zero-order valence-electron chi connectivity index (χ0n) is 17.1. The molecule has 29 heavy (non-hydrogen) atoms. The maximum Gasteiger partial charge on any atom is 0.357 e. The Labute approximate surface area is 174 Å². The number of nitrogens with one attached hydrogen (secondary N) is 1. The van der Waals surface area contributed by atoms with E-state index in [9.17, 15) is 9.59 Å². The van der Waals surface area contributed by atoms with Gasteiger partial charge in [0.2, 0.25) is 5.91 Å². The Morgan fingerprint density at radius 2 is 2.03 bits per heavy atom. The SMILES string of the molecule is CCOC(=O)c1c(NC(C)=O)c2c3c(sc2n1Cc1cccc(C)c1)CCCC3. The van der Waals surface area contributed by atoms with E-state index in [1.54, 1.807) is 18.3 Å². The van der Waals surface area contributed by atoms with Crippen molar-refractivity contribution in [3.05, 3.63) is 51.5 Å². The van der Waals surface area contributed by atoms with Crippen molar-refractivity contribution in [2.45, 2.75) is 53.0 Å². The Kier molecular flexibility index (Phi) is 5.46. The van der Waals surface area contributed by atoms with Gasteiger partial charge >= 0.3 is 5.97 Å². The molecule has 0 aliphatic heterocycles. The first-order valence-corrected chi connectivity index (χ1v) is 11.0. The van der Waals surface area contributed by atoms with Crippen molar-refractivity contribution in [1.82, 2.24) is 4.57 Å². The summed E-state index contributed by atoms with van der Waals surface area (Å²) in [5.74, 6) is -0.572. The number of carbonyl (C=O) groups excluding carboxylic acids is 2. The number of hydrogen-bond acceptors (Lipinski definition) is 4. The lowest BCUT2D eigenvalue weighted by atomic mass is 9.96. The molecule has 1 aliphatic rings. The molecule has 2 aromatic heterocycles. The van der Waals surface area contributed by atoms with Gasteiger partial charge in [-0.1, -0.05) is 29.8 Å². The second-order valence-corrected chi connectivity index (χ2v) is 8.68. The lowest BCUT2D eigenvalue weighted by molar-refractivity contribution is -0.114. The molecular weight excluding hydrogens is 384 g/mol. The maximum atomic E-state index is 13.0. The Morgan fingerprint density at radius 3 is 2.76 bits per heavy atom. The number of nitrogens with zero attached hydrogens (tertiary/aromatic N) is 1. The first-order chi connectivity index (χ1) is 14.0. The highest BCUT2D eigenvalue weighted by Crippen LogP contribution is 2.44. The van der Waals surface area contributed by atoms with Crippen molar-refractivity contribution < 1.29 is 14.3 Å². The minimum Gasteiger partial charge on any atom is -0.461 e. The number of aromatic nitrogens is 1. The molecule has 2 heterocycles. The number of anilines is 1. The van der Waals surface area contributed by atoms with Crippen molar-refractivity contribution in [2.24, 2.45) is 0 Å². The molecule has 1 N–H and O–H groups in total. The Balaban J connectivity index is 1.97.